The lowest BCUT2D eigenvalue weighted by atomic mass is 10.6. The van der Waals surface area contributed by atoms with Crippen LogP contribution in [0.15, 0.2) is 24.5 Å². The maximum absolute atomic E-state index is 11.1. The van der Waals surface area contributed by atoms with Crippen LogP contribution < -0.4 is 0 Å². The lowest BCUT2D eigenvalue weighted by Gasteiger charge is -2.06. The van der Waals surface area contributed by atoms with Crippen LogP contribution in [0.3, 0.4) is 0 Å². The molecule has 0 saturated heterocycles. The van der Waals surface area contributed by atoms with E-state index < -0.39 is 7.60 Å². The third kappa shape index (κ3) is 2.97. The average molecular weight is 162 g/mol. The predicted molar refractivity (Wildman–Crippen MR) is 41.0 cm³/mol. The zero-order valence-electron chi connectivity index (χ0n) is 6.11. The molecule has 0 bridgehead atoms. The molecule has 4 heteroatoms. The van der Waals surface area contributed by atoms with E-state index in [0.29, 0.717) is 0 Å². The monoisotopic (exact) mass is 162 g/mol. The fourth-order valence-corrected chi connectivity index (χ4v) is 1.09. The van der Waals surface area contributed by atoms with Crippen molar-refractivity contribution in [2.45, 2.75) is 0 Å². The first-order chi connectivity index (χ1) is 4.68. The molecular weight excluding hydrogens is 151 g/mol. The van der Waals surface area contributed by atoms with Gasteiger partial charge in [-0.3, -0.25) is 4.57 Å². The van der Waals surface area contributed by atoms with E-state index in [1.165, 1.54) is 32.2 Å². The summed E-state index contributed by atoms with van der Waals surface area (Å²) in [6.07, 6.45) is 3.03. The molecule has 0 heterocycles. The Labute approximate surface area is 60.9 Å². The molecule has 58 valence electrons. The highest BCUT2D eigenvalue weighted by Crippen LogP contribution is 2.47. The molecule has 0 fully saturated rings. The Morgan fingerprint density at radius 1 is 1.40 bits per heavy atom. The largest absolute Gasteiger partial charge is 0.353 e. The lowest BCUT2D eigenvalue weighted by molar-refractivity contribution is 0.286. The van der Waals surface area contributed by atoms with Crippen LogP contribution in [0.5, 0.6) is 0 Å². The summed E-state index contributed by atoms with van der Waals surface area (Å²) in [5.41, 5.74) is 0. The zero-order valence-corrected chi connectivity index (χ0v) is 7.01. The first-order valence-electron chi connectivity index (χ1n) is 2.70. The Bertz CT molecular complexity index is 166. The van der Waals surface area contributed by atoms with Gasteiger partial charge in [0.25, 0.3) is 0 Å². The summed E-state index contributed by atoms with van der Waals surface area (Å²) < 4.78 is 20.3. The summed E-state index contributed by atoms with van der Waals surface area (Å²) in [5, 5.41) is 0. The fraction of sp³-hybridized carbons (Fsp3) is 0.333. The molecule has 0 aliphatic carbocycles. The van der Waals surface area contributed by atoms with E-state index >= 15 is 0 Å². The highest BCUT2D eigenvalue weighted by atomic mass is 31.2. The zero-order chi connectivity index (χ0) is 8.04. The van der Waals surface area contributed by atoms with Gasteiger partial charge in [-0.2, -0.15) is 0 Å². The van der Waals surface area contributed by atoms with E-state index in [-0.39, 0.29) is 0 Å². The van der Waals surface area contributed by atoms with Crippen LogP contribution in [0.2, 0.25) is 0 Å². The van der Waals surface area contributed by atoms with E-state index in [9.17, 15) is 4.57 Å². The third-order valence-corrected chi connectivity index (χ3v) is 2.47. The Hall–Kier alpha value is -0.370. The number of allylic oxidation sites excluding steroid dienone is 2. The second-order valence-corrected chi connectivity index (χ2v) is 3.59. The smallest absolute Gasteiger partial charge is 0.309 e. The van der Waals surface area contributed by atoms with Crippen LogP contribution in [0, 0.1) is 0 Å². The Morgan fingerprint density at radius 2 is 1.90 bits per heavy atom. The van der Waals surface area contributed by atoms with Crippen LogP contribution >= 0.6 is 7.60 Å². The van der Waals surface area contributed by atoms with Gasteiger partial charge in [-0.25, -0.2) is 0 Å². The Morgan fingerprint density at radius 3 is 2.20 bits per heavy atom. The lowest BCUT2D eigenvalue weighted by Crippen LogP contribution is -1.82. The minimum absolute atomic E-state index is 1.33. The summed E-state index contributed by atoms with van der Waals surface area (Å²) in [5.74, 6) is 1.35. The van der Waals surface area contributed by atoms with Gasteiger partial charge in [-0.1, -0.05) is 18.7 Å². The number of hydrogen-bond donors (Lipinski definition) is 0. The minimum Gasteiger partial charge on any atom is -0.309 e. The highest BCUT2D eigenvalue weighted by Gasteiger charge is 2.14. The second-order valence-electron chi connectivity index (χ2n) is 1.48. The molecule has 10 heavy (non-hydrogen) atoms. The molecule has 0 rings (SSSR count). The van der Waals surface area contributed by atoms with E-state index in [1.807, 2.05) is 0 Å². The molecule has 0 radical (unpaired) electrons. The molecule has 0 unspecified atom stereocenters. The summed E-state index contributed by atoms with van der Waals surface area (Å²) >= 11 is 0. The third-order valence-electron chi connectivity index (χ3n) is 0.914. The molecule has 0 aromatic heterocycles. The van der Waals surface area contributed by atoms with Crippen molar-refractivity contribution in [1.29, 1.82) is 0 Å². The van der Waals surface area contributed by atoms with Crippen LogP contribution in [0.4, 0.5) is 0 Å². The van der Waals surface area contributed by atoms with Gasteiger partial charge in [0.15, 0.2) is 0 Å². The highest BCUT2D eigenvalue weighted by molar-refractivity contribution is 7.57. The van der Waals surface area contributed by atoms with Crippen LogP contribution in [-0.2, 0) is 13.6 Å². The van der Waals surface area contributed by atoms with Crippen molar-refractivity contribution in [2.24, 2.45) is 0 Å². The topological polar surface area (TPSA) is 35.5 Å². The van der Waals surface area contributed by atoms with Crippen molar-refractivity contribution in [3.63, 3.8) is 0 Å². The van der Waals surface area contributed by atoms with Crippen molar-refractivity contribution in [3.8, 4) is 0 Å². The summed E-state index contributed by atoms with van der Waals surface area (Å²) in [7, 11) is -0.287. The SMILES string of the molecule is C=CC=CP(=O)(OC)OC. The first-order valence-corrected chi connectivity index (χ1v) is 4.31. The van der Waals surface area contributed by atoms with Gasteiger partial charge in [-0.05, 0) is 0 Å². The van der Waals surface area contributed by atoms with Gasteiger partial charge in [0.2, 0.25) is 0 Å². The van der Waals surface area contributed by atoms with Gasteiger partial charge in [0.05, 0.1) is 0 Å². The van der Waals surface area contributed by atoms with Crippen molar-refractivity contribution in [2.75, 3.05) is 14.2 Å². The van der Waals surface area contributed by atoms with Crippen LogP contribution in [0.25, 0.3) is 0 Å². The van der Waals surface area contributed by atoms with Crippen molar-refractivity contribution >= 4 is 7.60 Å². The maximum Gasteiger partial charge on any atom is 0.353 e. The number of rotatable bonds is 4. The van der Waals surface area contributed by atoms with Gasteiger partial charge in [0, 0.05) is 20.0 Å². The van der Waals surface area contributed by atoms with Gasteiger partial charge < -0.3 is 9.05 Å². The molecule has 3 nitrogen and oxygen atoms in total. The molecule has 0 aliphatic heterocycles. The van der Waals surface area contributed by atoms with E-state index in [4.69, 9.17) is 0 Å². The second kappa shape index (κ2) is 4.45. The normalized spacial score (nSPS) is 12.2. The molecule has 0 atom stereocenters. The summed E-state index contributed by atoms with van der Waals surface area (Å²) in [6, 6.07) is 0. The summed E-state index contributed by atoms with van der Waals surface area (Å²) in [4.78, 5) is 0. The molecule has 0 N–H and O–H groups in total. The molecule has 0 amide bonds. The minimum atomic E-state index is -2.95. The Balaban J connectivity index is 4.20. The maximum atomic E-state index is 11.1. The van der Waals surface area contributed by atoms with E-state index in [2.05, 4.69) is 15.6 Å². The van der Waals surface area contributed by atoms with Gasteiger partial charge >= 0.3 is 7.60 Å². The molecule has 0 spiro atoms. The van der Waals surface area contributed by atoms with Crippen LogP contribution in [-0.4, -0.2) is 14.2 Å². The van der Waals surface area contributed by atoms with E-state index in [1.54, 1.807) is 0 Å². The molecule has 0 saturated carbocycles. The fourth-order valence-electron chi connectivity index (χ4n) is 0.363. The average Bonchev–Trinajstić information content (AvgIpc) is 2.00. The number of hydrogen-bond acceptors (Lipinski definition) is 3. The van der Waals surface area contributed by atoms with Crippen molar-refractivity contribution in [1.82, 2.24) is 0 Å². The first kappa shape index (κ1) is 9.63. The van der Waals surface area contributed by atoms with Crippen molar-refractivity contribution in [3.05, 3.63) is 24.5 Å². The summed E-state index contributed by atoms with van der Waals surface area (Å²) in [6.45, 7) is 3.41. The molecule has 0 aliphatic rings. The standard InChI is InChI=1S/C6H11O3P/c1-4-5-6-10(7,8-2)9-3/h4-6H,1H2,2-3H3. The quantitative estimate of drug-likeness (QED) is 0.469. The van der Waals surface area contributed by atoms with Crippen molar-refractivity contribution < 1.29 is 13.6 Å². The van der Waals surface area contributed by atoms with Gasteiger partial charge in [0.1, 0.15) is 0 Å². The Kier molecular flexibility index (Phi) is 4.28. The van der Waals surface area contributed by atoms with Gasteiger partial charge in [-0.15, -0.1) is 0 Å². The van der Waals surface area contributed by atoms with E-state index in [0.717, 1.165) is 0 Å². The molecule has 0 aromatic carbocycles. The molecular formula is C6H11O3P. The molecule has 0 aromatic rings. The van der Waals surface area contributed by atoms with Crippen LogP contribution in [0.1, 0.15) is 0 Å². The predicted octanol–water partition coefficient (Wildman–Crippen LogP) is 2.17.